The summed E-state index contributed by atoms with van der Waals surface area (Å²) in [7, 11) is -3.28. The predicted molar refractivity (Wildman–Crippen MR) is 126 cm³/mol. The van der Waals surface area contributed by atoms with Gasteiger partial charge in [-0.2, -0.15) is 0 Å². The second kappa shape index (κ2) is 10.4. The van der Waals surface area contributed by atoms with E-state index in [0.717, 1.165) is 5.56 Å². The minimum Gasteiger partial charge on any atom is -0.468 e. The first-order valence-corrected chi connectivity index (χ1v) is 12.6. The molecular formula is C22H28N5O7P. The van der Waals surface area contributed by atoms with Gasteiger partial charge in [-0.25, -0.2) is 19.6 Å². The topological polar surface area (TPSA) is 182 Å². The van der Waals surface area contributed by atoms with Gasteiger partial charge in [-0.3, -0.25) is 9.32 Å². The van der Waals surface area contributed by atoms with E-state index in [-0.39, 0.29) is 19.4 Å². The van der Waals surface area contributed by atoms with Crippen molar-refractivity contribution in [2.45, 2.75) is 37.1 Å². The third kappa shape index (κ3) is 5.53. The van der Waals surface area contributed by atoms with E-state index in [1.807, 2.05) is 6.07 Å². The van der Waals surface area contributed by atoms with Gasteiger partial charge in [0.15, 0.2) is 0 Å². The average molecular weight is 505 g/mol. The number of rotatable bonds is 9. The third-order valence-corrected chi connectivity index (χ3v) is 7.36. The number of nitrogen functional groups attached to an aromatic ring is 1. The van der Waals surface area contributed by atoms with Crippen molar-refractivity contribution in [1.82, 2.24) is 19.6 Å². The number of hydrogen-bond acceptors (Lipinski definition) is 9. The molecule has 188 valence electrons. The number of aliphatic hydroxyl groups excluding tert-OH is 2. The van der Waals surface area contributed by atoms with Crippen LogP contribution in [0, 0.1) is 5.92 Å². The van der Waals surface area contributed by atoms with Crippen molar-refractivity contribution in [1.29, 1.82) is 0 Å². The largest absolute Gasteiger partial charge is 0.468 e. The fourth-order valence-electron chi connectivity index (χ4n) is 4.40. The lowest BCUT2D eigenvalue weighted by molar-refractivity contribution is -0.142. The number of carbonyl (C=O) groups excluding carboxylic acids is 1. The van der Waals surface area contributed by atoms with Gasteiger partial charge in [0.25, 0.3) is 0 Å². The van der Waals surface area contributed by atoms with Crippen LogP contribution < -0.4 is 10.8 Å². The molecular weight excluding hydrogens is 477 g/mol. The number of hydrogen-bond donors (Lipinski definition) is 5. The van der Waals surface area contributed by atoms with Crippen LogP contribution in [-0.4, -0.2) is 67.6 Å². The minimum absolute atomic E-state index is 0.111. The molecule has 0 saturated heterocycles. The van der Waals surface area contributed by atoms with Crippen molar-refractivity contribution in [3.05, 3.63) is 54.5 Å². The monoisotopic (exact) mass is 505 g/mol. The molecule has 2 heterocycles. The zero-order valence-electron chi connectivity index (χ0n) is 19.0. The molecule has 0 bridgehead atoms. The molecule has 6 N–H and O–H groups in total. The van der Waals surface area contributed by atoms with Gasteiger partial charge < -0.3 is 30.1 Å². The van der Waals surface area contributed by atoms with E-state index in [1.165, 1.54) is 13.4 Å². The first-order valence-electron chi connectivity index (χ1n) is 11.0. The van der Waals surface area contributed by atoms with Gasteiger partial charge in [0.05, 0.1) is 31.2 Å². The van der Waals surface area contributed by atoms with Crippen molar-refractivity contribution in [2.75, 3.05) is 19.5 Å². The fourth-order valence-corrected chi connectivity index (χ4v) is 5.46. The number of aromatic nitrogens is 3. The van der Waals surface area contributed by atoms with Crippen molar-refractivity contribution in [3.63, 3.8) is 0 Å². The van der Waals surface area contributed by atoms with Gasteiger partial charge in [0.1, 0.15) is 29.9 Å². The number of nitrogens with two attached hydrogens (primary N) is 1. The Morgan fingerprint density at radius 3 is 2.71 bits per heavy atom. The molecule has 35 heavy (non-hydrogen) atoms. The Hall–Kier alpha value is -2.86. The number of carbonyl (C=O) groups is 1. The second-order valence-corrected chi connectivity index (χ2v) is 10.0. The molecule has 0 radical (unpaired) electrons. The van der Waals surface area contributed by atoms with Crippen LogP contribution in [0.3, 0.4) is 0 Å². The molecule has 0 amide bonds. The van der Waals surface area contributed by atoms with E-state index in [1.54, 1.807) is 41.1 Å². The number of nitrogens with zero attached hydrogens (tertiary/aromatic N) is 3. The van der Waals surface area contributed by atoms with E-state index >= 15 is 0 Å². The lowest BCUT2D eigenvalue weighted by atomic mass is 10.1. The predicted octanol–water partition coefficient (Wildman–Crippen LogP) is 0.787. The average Bonchev–Trinajstić information content (AvgIpc) is 3.39. The van der Waals surface area contributed by atoms with Crippen LogP contribution in [0.5, 0.6) is 0 Å². The lowest BCUT2D eigenvalue weighted by Gasteiger charge is -2.22. The van der Waals surface area contributed by atoms with Crippen LogP contribution in [0.15, 0.2) is 48.9 Å². The SMILES string of the molecule is COC(=O)C(Cc1ccccc1)NP(=O)(O)OCC1CC(n2ccc3c(N)ncnc32)C(O)C1O. The normalized spacial score (nSPS) is 24.8. The Kier molecular flexibility index (Phi) is 7.50. The number of aliphatic hydroxyl groups is 2. The molecule has 3 aromatic rings. The Morgan fingerprint density at radius 2 is 2.00 bits per heavy atom. The minimum atomic E-state index is -4.46. The zero-order chi connectivity index (χ0) is 25.2. The van der Waals surface area contributed by atoms with Crippen molar-refractivity contribution in [2.24, 2.45) is 5.92 Å². The Labute approximate surface area is 201 Å². The summed E-state index contributed by atoms with van der Waals surface area (Å²) in [5.41, 5.74) is 7.14. The smallest absolute Gasteiger partial charge is 0.403 e. The van der Waals surface area contributed by atoms with Crippen molar-refractivity contribution >= 4 is 30.6 Å². The standard InChI is InChI=1S/C22H28N5O7P/c1-33-22(30)16(9-13-5-3-2-4-6-13)26-35(31,32)34-11-14-10-17(19(29)18(14)28)27-8-7-15-20(23)24-12-25-21(15)27/h2-8,12,14,16-19,28-29H,9-11H2,1H3,(H2,23,24,25)(H2,26,31,32). The maximum atomic E-state index is 12.7. The summed E-state index contributed by atoms with van der Waals surface area (Å²) in [5, 5.41) is 24.2. The molecule has 4 rings (SSSR count). The lowest BCUT2D eigenvalue weighted by Crippen LogP contribution is -2.38. The molecule has 13 heteroatoms. The highest BCUT2D eigenvalue weighted by Crippen LogP contribution is 2.43. The van der Waals surface area contributed by atoms with Gasteiger partial charge in [0, 0.05) is 12.1 Å². The summed E-state index contributed by atoms with van der Waals surface area (Å²) in [6.45, 7) is -0.328. The first-order chi connectivity index (χ1) is 16.7. The summed E-state index contributed by atoms with van der Waals surface area (Å²) in [4.78, 5) is 30.7. The van der Waals surface area contributed by atoms with E-state index < -0.39 is 43.9 Å². The number of fused-ring (bicyclic) bond motifs is 1. The van der Waals surface area contributed by atoms with E-state index in [2.05, 4.69) is 15.1 Å². The molecule has 1 aliphatic carbocycles. The number of methoxy groups -OCH3 is 1. The summed E-state index contributed by atoms with van der Waals surface area (Å²) < 4.78 is 24.4. The van der Waals surface area contributed by atoms with Crippen LogP contribution in [0.25, 0.3) is 11.0 Å². The van der Waals surface area contributed by atoms with Gasteiger partial charge in [-0.1, -0.05) is 30.3 Å². The highest BCUT2D eigenvalue weighted by Gasteiger charge is 2.44. The second-order valence-electron chi connectivity index (χ2n) is 8.47. The number of ether oxygens (including phenoxy) is 1. The Balaban J connectivity index is 1.42. The van der Waals surface area contributed by atoms with E-state index in [9.17, 15) is 24.5 Å². The molecule has 1 aromatic carbocycles. The van der Waals surface area contributed by atoms with Crippen LogP contribution in [0.4, 0.5) is 5.82 Å². The number of esters is 1. The van der Waals surface area contributed by atoms with Gasteiger partial charge in [-0.05, 0) is 24.5 Å². The van der Waals surface area contributed by atoms with E-state index in [0.29, 0.717) is 16.9 Å². The summed E-state index contributed by atoms with van der Waals surface area (Å²) >= 11 is 0. The van der Waals surface area contributed by atoms with Crippen molar-refractivity contribution in [3.8, 4) is 0 Å². The molecule has 1 fully saturated rings. The summed E-state index contributed by atoms with van der Waals surface area (Å²) in [5.74, 6) is -1.08. The zero-order valence-corrected chi connectivity index (χ0v) is 19.9. The molecule has 1 aliphatic rings. The van der Waals surface area contributed by atoms with Crippen LogP contribution >= 0.6 is 7.75 Å². The van der Waals surface area contributed by atoms with Gasteiger partial charge in [0.2, 0.25) is 0 Å². The van der Waals surface area contributed by atoms with E-state index in [4.69, 9.17) is 15.0 Å². The first kappa shape index (κ1) is 25.2. The number of benzene rings is 1. The molecule has 2 aromatic heterocycles. The molecule has 12 nitrogen and oxygen atoms in total. The maximum Gasteiger partial charge on any atom is 0.403 e. The van der Waals surface area contributed by atoms with Crippen LogP contribution in [0.1, 0.15) is 18.0 Å². The van der Waals surface area contributed by atoms with Gasteiger partial charge >= 0.3 is 13.7 Å². The molecule has 0 spiro atoms. The quantitative estimate of drug-likeness (QED) is 0.205. The number of anilines is 1. The summed E-state index contributed by atoms with van der Waals surface area (Å²) in [6.07, 6.45) is 0.996. The molecule has 0 aliphatic heterocycles. The fraction of sp³-hybridized carbons (Fsp3) is 0.409. The van der Waals surface area contributed by atoms with Gasteiger partial charge in [-0.15, -0.1) is 0 Å². The third-order valence-electron chi connectivity index (χ3n) is 6.22. The van der Waals surface area contributed by atoms with Crippen molar-refractivity contribution < 1.29 is 33.7 Å². The number of nitrogens with one attached hydrogen (secondary N) is 1. The maximum absolute atomic E-state index is 12.7. The van der Waals surface area contributed by atoms with Crippen LogP contribution in [-0.2, 0) is 25.0 Å². The molecule has 6 atom stereocenters. The summed E-state index contributed by atoms with van der Waals surface area (Å²) in [6, 6.07) is 8.99. The highest BCUT2D eigenvalue weighted by atomic mass is 31.2. The highest BCUT2D eigenvalue weighted by molar-refractivity contribution is 7.50. The Bertz CT molecular complexity index is 1220. The van der Waals surface area contributed by atoms with Crippen LogP contribution in [0.2, 0.25) is 0 Å². The Morgan fingerprint density at radius 1 is 1.26 bits per heavy atom. The molecule has 6 unspecified atom stereocenters. The molecule has 1 saturated carbocycles.